The Bertz CT molecular complexity index is 93.5. The molecule has 0 aliphatic heterocycles. The highest BCUT2D eigenvalue weighted by atomic mass is 33.5. The SMILES string of the molecule is CCCSSSCC(O)(O)O. The zero-order valence-electron chi connectivity index (χ0n) is 6.19. The topological polar surface area (TPSA) is 60.7 Å². The summed E-state index contributed by atoms with van der Waals surface area (Å²) in [6, 6.07) is 0. The first kappa shape index (κ1) is 11.9. The minimum atomic E-state index is -2.52. The van der Waals surface area contributed by atoms with Gasteiger partial charge in [0.25, 0.3) is 5.97 Å². The highest BCUT2D eigenvalue weighted by Crippen LogP contribution is 2.35. The Morgan fingerprint density at radius 3 is 2.27 bits per heavy atom. The van der Waals surface area contributed by atoms with Crippen LogP contribution in [0.25, 0.3) is 0 Å². The second-order valence-corrected chi connectivity index (χ2v) is 6.28. The molecule has 0 aliphatic rings. The second-order valence-electron chi connectivity index (χ2n) is 1.93. The summed E-state index contributed by atoms with van der Waals surface area (Å²) in [5.74, 6) is -1.58. The van der Waals surface area contributed by atoms with Crippen LogP contribution in [0.5, 0.6) is 0 Å². The average Bonchev–Trinajstić information content (AvgIpc) is 1.85. The van der Waals surface area contributed by atoms with Crippen molar-refractivity contribution in [1.82, 2.24) is 0 Å². The predicted octanol–water partition coefficient (Wildman–Crippen LogP) is 1.06. The third kappa shape index (κ3) is 10.9. The number of hydrogen-bond donors (Lipinski definition) is 3. The van der Waals surface area contributed by atoms with Crippen LogP contribution in [0.1, 0.15) is 13.3 Å². The molecule has 3 nitrogen and oxygen atoms in total. The van der Waals surface area contributed by atoms with Crippen molar-refractivity contribution in [2.45, 2.75) is 19.3 Å². The normalized spacial score (nSPS) is 12.0. The summed E-state index contributed by atoms with van der Waals surface area (Å²) in [6.45, 7) is 2.08. The third-order valence-electron chi connectivity index (χ3n) is 0.636. The lowest BCUT2D eigenvalue weighted by Crippen LogP contribution is -2.29. The predicted molar refractivity (Wildman–Crippen MR) is 52.2 cm³/mol. The molecule has 0 saturated carbocycles. The Kier molecular flexibility index (Phi) is 6.99. The molecule has 3 N–H and O–H groups in total. The average molecular weight is 216 g/mol. The van der Waals surface area contributed by atoms with E-state index in [2.05, 4.69) is 6.92 Å². The molecule has 0 saturated heterocycles. The van der Waals surface area contributed by atoms with Crippen molar-refractivity contribution in [3.63, 3.8) is 0 Å². The van der Waals surface area contributed by atoms with Crippen molar-refractivity contribution in [3.05, 3.63) is 0 Å². The van der Waals surface area contributed by atoms with Gasteiger partial charge in [-0.1, -0.05) is 28.5 Å². The molecule has 0 aromatic carbocycles. The molecule has 0 fully saturated rings. The molecule has 11 heavy (non-hydrogen) atoms. The van der Waals surface area contributed by atoms with Crippen molar-refractivity contribution >= 4 is 31.4 Å². The molecular formula is C5H12O3S3. The van der Waals surface area contributed by atoms with Gasteiger partial charge in [-0.3, -0.25) is 0 Å². The van der Waals surface area contributed by atoms with Gasteiger partial charge in [-0.2, -0.15) is 0 Å². The maximum absolute atomic E-state index is 8.44. The summed E-state index contributed by atoms with van der Waals surface area (Å²) in [6.07, 6.45) is 1.10. The summed E-state index contributed by atoms with van der Waals surface area (Å²) >= 11 is 0. The van der Waals surface area contributed by atoms with E-state index >= 15 is 0 Å². The van der Waals surface area contributed by atoms with E-state index in [0.717, 1.165) is 12.2 Å². The standard InChI is InChI=1S/C5H12O3S3/c1-2-3-9-11-10-4-5(6,7)8/h6-8H,2-4H2,1H3. The van der Waals surface area contributed by atoms with Gasteiger partial charge in [-0.25, -0.2) is 0 Å². The van der Waals surface area contributed by atoms with Gasteiger partial charge in [0.05, 0.1) is 5.75 Å². The largest absolute Gasteiger partial charge is 0.343 e. The molecule has 0 aliphatic carbocycles. The van der Waals surface area contributed by atoms with Gasteiger partial charge in [0, 0.05) is 5.75 Å². The van der Waals surface area contributed by atoms with E-state index < -0.39 is 5.97 Å². The van der Waals surface area contributed by atoms with Crippen LogP contribution < -0.4 is 0 Å². The fourth-order valence-corrected chi connectivity index (χ4v) is 3.95. The van der Waals surface area contributed by atoms with Crippen LogP contribution in [0.15, 0.2) is 0 Å². The van der Waals surface area contributed by atoms with Gasteiger partial charge in [-0.15, -0.1) is 0 Å². The molecule has 0 aromatic rings. The lowest BCUT2D eigenvalue weighted by Gasteiger charge is -2.11. The van der Waals surface area contributed by atoms with E-state index in [4.69, 9.17) is 15.3 Å². The smallest absolute Gasteiger partial charge is 0.285 e. The Labute approximate surface area is 77.8 Å². The van der Waals surface area contributed by atoms with Gasteiger partial charge in [0.2, 0.25) is 0 Å². The summed E-state index contributed by atoms with van der Waals surface area (Å²) < 4.78 is 0. The van der Waals surface area contributed by atoms with Gasteiger partial charge >= 0.3 is 0 Å². The van der Waals surface area contributed by atoms with Crippen LogP contribution in [0.4, 0.5) is 0 Å². The van der Waals surface area contributed by atoms with E-state index in [-0.39, 0.29) is 5.75 Å². The molecule has 0 bridgehead atoms. The van der Waals surface area contributed by atoms with Crippen LogP contribution in [-0.2, 0) is 0 Å². The quantitative estimate of drug-likeness (QED) is 0.350. The summed E-state index contributed by atoms with van der Waals surface area (Å²) in [7, 11) is 4.33. The van der Waals surface area contributed by atoms with Crippen molar-refractivity contribution in [2.24, 2.45) is 0 Å². The molecule has 0 radical (unpaired) electrons. The minimum Gasteiger partial charge on any atom is -0.343 e. The second kappa shape index (κ2) is 6.45. The molecule has 0 heterocycles. The zero-order chi connectivity index (χ0) is 8.74. The first-order valence-electron chi connectivity index (χ1n) is 3.14. The first-order chi connectivity index (χ1) is 5.06. The van der Waals surface area contributed by atoms with Crippen molar-refractivity contribution in [1.29, 1.82) is 0 Å². The lowest BCUT2D eigenvalue weighted by atomic mass is 10.6. The molecular weight excluding hydrogens is 204 g/mol. The molecule has 0 atom stereocenters. The van der Waals surface area contributed by atoms with E-state index in [1.165, 1.54) is 20.6 Å². The van der Waals surface area contributed by atoms with E-state index in [1.807, 2.05) is 0 Å². The minimum absolute atomic E-state index is 0.0889. The zero-order valence-corrected chi connectivity index (χ0v) is 8.64. The van der Waals surface area contributed by atoms with E-state index in [0.29, 0.717) is 0 Å². The highest BCUT2D eigenvalue weighted by Gasteiger charge is 2.17. The van der Waals surface area contributed by atoms with Gasteiger partial charge in [0.1, 0.15) is 0 Å². The number of rotatable bonds is 6. The van der Waals surface area contributed by atoms with Crippen molar-refractivity contribution in [3.8, 4) is 0 Å². The van der Waals surface area contributed by atoms with Crippen molar-refractivity contribution in [2.75, 3.05) is 11.5 Å². The number of aliphatic hydroxyl groups is 3. The third-order valence-corrected chi connectivity index (χ3v) is 5.07. The van der Waals surface area contributed by atoms with Crippen LogP contribution in [0, 0.1) is 0 Å². The van der Waals surface area contributed by atoms with E-state index in [1.54, 1.807) is 10.8 Å². The Balaban J connectivity index is 3.02. The van der Waals surface area contributed by atoms with Gasteiger partial charge in [0.15, 0.2) is 0 Å². The van der Waals surface area contributed by atoms with Gasteiger partial charge in [-0.05, 0) is 16.2 Å². The molecule has 0 amide bonds. The van der Waals surface area contributed by atoms with Crippen LogP contribution >= 0.6 is 31.4 Å². The number of hydrogen-bond acceptors (Lipinski definition) is 6. The molecule has 0 spiro atoms. The summed E-state index contributed by atoms with van der Waals surface area (Å²) in [5.41, 5.74) is 0. The fraction of sp³-hybridized carbons (Fsp3) is 1.00. The molecule has 0 aromatic heterocycles. The monoisotopic (exact) mass is 216 g/mol. The summed E-state index contributed by atoms with van der Waals surface area (Å²) in [5, 5.41) is 25.3. The molecule has 6 heteroatoms. The lowest BCUT2D eigenvalue weighted by molar-refractivity contribution is -0.293. The fourth-order valence-electron chi connectivity index (χ4n) is 0.254. The Morgan fingerprint density at radius 2 is 1.82 bits per heavy atom. The maximum atomic E-state index is 8.44. The first-order valence-corrected chi connectivity index (χ1v) is 6.96. The van der Waals surface area contributed by atoms with E-state index in [9.17, 15) is 0 Å². The van der Waals surface area contributed by atoms with Gasteiger partial charge < -0.3 is 15.3 Å². The Morgan fingerprint density at radius 1 is 1.18 bits per heavy atom. The summed E-state index contributed by atoms with van der Waals surface area (Å²) in [4.78, 5) is 0. The molecule has 0 rings (SSSR count). The maximum Gasteiger partial charge on any atom is 0.285 e. The van der Waals surface area contributed by atoms with Crippen LogP contribution in [-0.4, -0.2) is 32.8 Å². The van der Waals surface area contributed by atoms with Crippen LogP contribution in [0.3, 0.4) is 0 Å². The Hall–Kier alpha value is 0.930. The van der Waals surface area contributed by atoms with Crippen molar-refractivity contribution < 1.29 is 15.3 Å². The van der Waals surface area contributed by atoms with Crippen LogP contribution in [0.2, 0.25) is 0 Å². The molecule has 68 valence electrons. The highest BCUT2D eigenvalue weighted by molar-refractivity contribution is 9.09. The molecule has 0 unspecified atom stereocenters.